The van der Waals surface area contributed by atoms with E-state index in [4.69, 9.17) is 0 Å². The van der Waals surface area contributed by atoms with Gasteiger partial charge in [0.05, 0.1) is 0 Å². The quantitative estimate of drug-likeness (QED) is 0.606. The van der Waals surface area contributed by atoms with Crippen molar-refractivity contribution in [3.8, 4) is 0 Å². The SMILES string of the molecule is Cc1ccc(NC(=O)CC(=O)NCCCc2ccccc2)c(C)c1. The van der Waals surface area contributed by atoms with Gasteiger partial charge < -0.3 is 10.6 Å². The van der Waals surface area contributed by atoms with Crippen LogP contribution in [0.1, 0.15) is 29.5 Å². The number of carbonyl (C=O) groups is 2. The Labute approximate surface area is 143 Å². The number of aryl methyl sites for hydroxylation is 3. The van der Waals surface area contributed by atoms with Gasteiger partial charge in [0.25, 0.3) is 0 Å². The molecule has 2 rings (SSSR count). The van der Waals surface area contributed by atoms with Crippen LogP contribution in [0.3, 0.4) is 0 Å². The molecule has 126 valence electrons. The van der Waals surface area contributed by atoms with Crippen molar-refractivity contribution in [3.05, 3.63) is 65.2 Å². The Morgan fingerprint density at radius 2 is 1.71 bits per heavy atom. The molecule has 0 saturated heterocycles. The fourth-order valence-electron chi connectivity index (χ4n) is 2.52. The maximum atomic E-state index is 11.9. The van der Waals surface area contributed by atoms with Crippen LogP contribution < -0.4 is 10.6 Å². The van der Waals surface area contributed by atoms with Gasteiger partial charge in [-0.15, -0.1) is 0 Å². The first-order valence-corrected chi connectivity index (χ1v) is 8.22. The van der Waals surface area contributed by atoms with Gasteiger partial charge in [0.1, 0.15) is 6.42 Å². The summed E-state index contributed by atoms with van der Waals surface area (Å²) in [4.78, 5) is 23.8. The lowest BCUT2D eigenvalue weighted by molar-refractivity contribution is -0.126. The number of rotatable bonds is 7. The highest BCUT2D eigenvalue weighted by molar-refractivity contribution is 6.03. The standard InChI is InChI=1S/C20H24N2O2/c1-15-10-11-18(16(2)13-15)22-20(24)14-19(23)21-12-6-9-17-7-4-3-5-8-17/h3-5,7-8,10-11,13H,6,9,12,14H2,1-2H3,(H,21,23)(H,22,24). The molecule has 0 aliphatic heterocycles. The minimum absolute atomic E-state index is 0.154. The summed E-state index contributed by atoms with van der Waals surface area (Å²) in [6.45, 7) is 4.51. The summed E-state index contributed by atoms with van der Waals surface area (Å²) in [7, 11) is 0. The number of hydrogen-bond acceptors (Lipinski definition) is 2. The second-order valence-electron chi connectivity index (χ2n) is 5.98. The first-order valence-electron chi connectivity index (χ1n) is 8.22. The molecule has 2 amide bonds. The highest BCUT2D eigenvalue weighted by Gasteiger charge is 2.10. The van der Waals surface area contributed by atoms with Crippen molar-refractivity contribution in [1.29, 1.82) is 0 Å². The molecular formula is C20H24N2O2. The molecule has 0 heterocycles. The zero-order valence-corrected chi connectivity index (χ0v) is 14.3. The van der Waals surface area contributed by atoms with Gasteiger partial charge in [0.2, 0.25) is 11.8 Å². The van der Waals surface area contributed by atoms with E-state index in [0.717, 1.165) is 29.7 Å². The minimum Gasteiger partial charge on any atom is -0.356 e. The zero-order valence-electron chi connectivity index (χ0n) is 14.3. The third-order valence-electron chi connectivity index (χ3n) is 3.78. The molecule has 0 unspecified atom stereocenters. The lowest BCUT2D eigenvalue weighted by Crippen LogP contribution is -2.29. The van der Waals surface area contributed by atoms with E-state index in [1.165, 1.54) is 5.56 Å². The number of amides is 2. The Morgan fingerprint density at radius 1 is 0.958 bits per heavy atom. The first-order chi connectivity index (χ1) is 11.5. The number of benzene rings is 2. The predicted octanol–water partition coefficient (Wildman–Crippen LogP) is 3.38. The van der Waals surface area contributed by atoms with E-state index in [-0.39, 0.29) is 18.2 Å². The van der Waals surface area contributed by atoms with Gasteiger partial charge in [-0.25, -0.2) is 0 Å². The van der Waals surface area contributed by atoms with Gasteiger partial charge in [-0.1, -0.05) is 48.0 Å². The fraction of sp³-hybridized carbons (Fsp3) is 0.300. The van der Waals surface area contributed by atoms with Crippen LogP contribution in [-0.4, -0.2) is 18.4 Å². The Balaban J connectivity index is 1.69. The topological polar surface area (TPSA) is 58.2 Å². The molecule has 0 saturated carbocycles. The zero-order chi connectivity index (χ0) is 17.4. The van der Waals surface area contributed by atoms with Gasteiger partial charge in [-0.05, 0) is 43.9 Å². The van der Waals surface area contributed by atoms with Gasteiger partial charge in [-0.2, -0.15) is 0 Å². The molecule has 0 radical (unpaired) electrons. The second-order valence-corrected chi connectivity index (χ2v) is 5.98. The van der Waals surface area contributed by atoms with Crippen molar-refractivity contribution >= 4 is 17.5 Å². The predicted molar refractivity (Wildman–Crippen MR) is 96.9 cm³/mol. The van der Waals surface area contributed by atoms with Crippen LogP contribution in [0.5, 0.6) is 0 Å². The monoisotopic (exact) mass is 324 g/mol. The van der Waals surface area contributed by atoms with E-state index in [1.54, 1.807) is 0 Å². The lowest BCUT2D eigenvalue weighted by atomic mass is 10.1. The van der Waals surface area contributed by atoms with Crippen LogP contribution in [-0.2, 0) is 16.0 Å². The summed E-state index contributed by atoms with van der Waals surface area (Å²) < 4.78 is 0. The van der Waals surface area contributed by atoms with Gasteiger partial charge in [0, 0.05) is 12.2 Å². The molecule has 2 aromatic rings. The molecule has 4 heteroatoms. The van der Waals surface area contributed by atoms with Crippen molar-refractivity contribution in [3.63, 3.8) is 0 Å². The van der Waals surface area contributed by atoms with Crippen molar-refractivity contribution < 1.29 is 9.59 Å². The molecule has 0 bridgehead atoms. The average molecular weight is 324 g/mol. The molecule has 0 aliphatic rings. The molecule has 0 spiro atoms. The van der Waals surface area contributed by atoms with Gasteiger partial charge in [0.15, 0.2) is 0 Å². The van der Waals surface area contributed by atoms with E-state index in [1.807, 2.05) is 50.2 Å². The van der Waals surface area contributed by atoms with Crippen molar-refractivity contribution in [2.45, 2.75) is 33.1 Å². The maximum Gasteiger partial charge on any atom is 0.233 e. The number of hydrogen-bond donors (Lipinski definition) is 2. The van der Waals surface area contributed by atoms with E-state index < -0.39 is 0 Å². The minimum atomic E-state index is -0.289. The third-order valence-corrected chi connectivity index (χ3v) is 3.78. The van der Waals surface area contributed by atoms with E-state index in [2.05, 4.69) is 22.8 Å². The summed E-state index contributed by atoms with van der Waals surface area (Å²) in [6.07, 6.45) is 1.61. The Morgan fingerprint density at radius 3 is 2.42 bits per heavy atom. The normalized spacial score (nSPS) is 10.2. The number of anilines is 1. The van der Waals surface area contributed by atoms with Crippen molar-refractivity contribution in [2.24, 2.45) is 0 Å². The highest BCUT2D eigenvalue weighted by atomic mass is 16.2. The molecule has 0 aliphatic carbocycles. The average Bonchev–Trinajstić information content (AvgIpc) is 2.55. The third kappa shape index (κ3) is 5.88. The van der Waals surface area contributed by atoms with Crippen molar-refractivity contribution in [1.82, 2.24) is 5.32 Å². The Bertz CT molecular complexity index is 696. The molecule has 0 fully saturated rings. The molecule has 0 aromatic heterocycles. The van der Waals surface area contributed by atoms with Crippen LogP contribution in [0.15, 0.2) is 48.5 Å². The highest BCUT2D eigenvalue weighted by Crippen LogP contribution is 2.16. The van der Waals surface area contributed by atoms with Crippen LogP contribution in [0, 0.1) is 13.8 Å². The molecule has 24 heavy (non-hydrogen) atoms. The number of nitrogens with one attached hydrogen (secondary N) is 2. The second kappa shape index (κ2) is 8.87. The van der Waals surface area contributed by atoms with Crippen LogP contribution >= 0.6 is 0 Å². The van der Waals surface area contributed by atoms with Crippen LogP contribution in [0.2, 0.25) is 0 Å². The maximum absolute atomic E-state index is 11.9. The first kappa shape index (κ1) is 17.7. The summed E-state index contributed by atoms with van der Waals surface area (Å²) >= 11 is 0. The summed E-state index contributed by atoms with van der Waals surface area (Å²) in [5, 5.41) is 5.58. The van der Waals surface area contributed by atoms with E-state index in [0.29, 0.717) is 6.54 Å². The van der Waals surface area contributed by atoms with E-state index in [9.17, 15) is 9.59 Å². The number of carbonyl (C=O) groups excluding carboxylic acids is 2. The largest absolute Gasteiger partial charge is 0.356 e. The molecule has 0 atom stereocenters. The summed E-state index contributed by atoms with van der Waals surface area (Å²) in [5.74, 6) is -0.534. The smallest absolute Gasteiger partial charge is 0.233 e. The Hall–Kier alpha value is -2.62. The van der Waals surface area contributed by atoms with E-state index >= 15 is 0 Å². The lowest BCUT2D eigenvalue weighted by Gasteiger charge is -2.09. The van der Waals surface area contributed by atoms with Crippen LogP contribution in [0.4, 0.5) is 5.69 Å². The Kier molecular flexibility index (Phi) is 6.55. The molecule has 4 nitrogen and oxygen atoms in total. The molecular weight excluding hydrogens is 300 g/mol. The van der Waals surface area contributed by atoms with Crippen molar-refractivity contribution in [2.75, 3.05) is 11.9 Å². The van der Waals surface area contributed by atoms with Gasteiger partial charge >= 0.3 is 0 Å². The van der Waals surface area contributed by atoms with Gasteiger partial charge in [-0.3, -0.25) is 9.59 Å². The molecule has 2 N–H and O–H groups in total. The summed E-state index contributed by atoms with van der Waals surface area (Å²) in [6, 6.07) is 15.9. The van der Waals surface area contributed by atoms with Crippen LogP contribution in [0.25, 0.3) is 0 Å². The fourth-order valence-corrected chi connectivity index (χ4v) is 2.52. The molecule has 2 aromatic carbocycles. The summed E-state index contributed by atoms with van der Waals surface area (Å²) in [5.41, 5.74) is 4.13.